The number of nitrogens with zero attached hydrogens (tertiary/aromatic N) is 7. The minimum absolute atomic E-state index is 0.0910. The summed E-state index contributed by atoms with van der Waals surface area (Å²) < 4.78 is 15.8. The molecule has 2 aromatic carbocycles. The van der Waals surface area contributed by atoms with Crippen LogP contribution in [0.5, 0.6) is 0 Å². The van der Waals surface area contributed by atoms with Gasteiger partial charge >= 0.3 is 0 Å². The third-order valence-corrected chi connectivity index (χ3v) is 9.04. The van der Waals surface area contributed by atoms with E-state index < -0.39 is 5.95 Å². The molecule has 0 amide bonds. The topological polar surface area (TPSA) is 95.6 Å². The fourth-order valence-corrected chi connectivity index (χ4v) is 6.49. The number of fused-ring (bicyclic) bond motifs is 1. The molecule has 4 heterocycles. The average Bonchev–Trinajstić information content (AvgIpc) is 3.52. The zero-order valence-corrected chi connectivity index (χ0v) is 26.8. The van der Waals surface area contributed by atoms with Crippen LogP contribution < -0.4 is 5.32 Å². The van der Waals surface area contributed by atoms with Crippen molar-refractivity contribution in [3.8, 4) is 6.07 Å². The highest BCUT2D eigenvalue weighted by Crippen LogP contribution is 2.37. The molecule has 230 valence electrons. The summed E-state index contributed by atoms with van der Waals surface area (Å²) in [7, 11) is 0. The zero-order valence-electron chi connectivity index (χ0n) is 25.3. The molecule has 1 fully saturated rings. The second-order valence-corrected chi connectivity index (χ2v) is 13.2. The molecule has 1 atom stereocenters. The van der Waals surface area contributed by atoms with E-state index in [1.165, 1.54) is 18.5 Å². The lowest BCUT2D eigenvalue weighted by Crippen LogP contribution is -2.46. The summed E-state index contributed by atoms with van der Waals surface area (Å²) in [4.78, 5) is 10.7. The van der Waals surface area contributed by atoms with E-state index in [4.69, 9.17) is 23.2 Å². The minimum atomic E-state index is -0.771. The van der Waals surface area contributed by atoms with E-state index in [2.05, 4.69) is 75.7 Å². The summed E-state index contributed by atoms with van der Waals surface area (Å²) in [5, 5.41) is 23.4. The van der Waals surface area contributed by atoms with Crippen LogP contribution in [0.15, 0.2) is 67.1 Å². The van der Waals surface area contributed by atoms with Gasteiger partial charge in [0.2, 0.25) is 5.95 Å². The summed E-state index contributed by atoms with van der Waals surface area (Å²) in [6.07, 6.45) is 7.50. The Kier molecular flexibility index (Phi) is 8.74. The van der Waals surface area contributed by atoms with E-state index in [1.54, 1.807) is 0 Å². The second kappa shape index (κ2) is 12.7. The molecule has 1 N–H and O–H groups in total. The van der Waals surface area contributed by atoms with Gasteiger partial charge in [-0.25, -0.2) is 9.67 Å². The van der Waals surface area contributed by atoms with Gasteiger partial charge in [0, 0.05) is 42.3 Å². The lowest BCUT2D eigenvalue weighted by Gasteiger charge is -2.40. The van der Waals surface area contributed by atoms with Crippen LogP contribution in [0, 0.1) is 17.3 Å². The molecule has 5 aromatic rings. The number of anilines is 2. The molecule has 0 saturated carbocycles. The number of nitriles is 1. The number of rotatable bonds is 7. The number of hydrogen-bond donors (Lipinski definition) is 1. The van der Waals surface area contributed by atoms with E-state index in [1.807, 2.05) is 35.0 Å². The Labute approximate surface area is 271 Å². The van der Waals surface area contributed by atoms with Gasteiger partial charge in [0.05, 0.1) is 50.4 Å². The molecule has 0 spiro atoms. The Morgan fingerprint density at radius 2 is 1.80 bits per heavy atom. The van der Waals surface area contributed by atoms with Crippen LogP contribution in [0.25, 0.3) is 10.9 Å². The van der Waals surface area contributed by atoms with Crippen molar-refractivity contribution in [2.24, 2.45) is 0 Å². The molecule has 1 aliphatic rings. The Balaban J connectivity index is 1.35. The number of likely N-dealkylation sites (tertiary alicyclic amines) is 1. The number of hydrogen-bond acceptors (Lipinski definition) is 7. The maximum Gasteiger partial charge on any atom is 0.231 e. The van der Waals surface area contributed by atoms with Crippen molar-refractivity contribution < 1.29 is 4.39 Å². The monoisotopic (exact) mass is 642 g/mol. The Bertz CT molecular complexity index is 1870. The molecule has 45 heavy (non-hydrogen) atoms. The fourth-order valence-electron chi connectivity index (χ4n) is 6.03. The van der Waals surface area contributed by atoms with Crippen molar-refractivity contribution in [1.29, 1.82) is 5.26 Å². The minimum Gasteiger partial charge on any atom is -0.353 e. The quantitative estimate of drug-likeness (QED) is 0.179. The molecule has 11 heteroatoms. The maximum absolute atomic E-state index is 13.7. The Hall–Kier alpha value is -4.10. The van der Waals surface area contributed by atoms with Gasteiger partial charge in [-0.05, 0) is 69.4 Å². The second-order valence-electron chi connectivity index (χ2n) is 12.4. The predicted molar refractivity (Wildman–Crippen MR) is 176 cm³/mol. The molecular formula is C34H33Cl2FN8. The van der Waals surface area contributed by atoms with Crippen molar-refractivity contribution in [1.82, 2.24) is 29.9 Å². The molecule has 1 aliphatic heterocycles. The maximum atomic E-state index is 13.7. The molecule has 3 aromatic heterocycles. The van der Waals surface area contributed by atoms with Crippen LogP contribution in [0.4, 0.5) is 15.8 Å². The SMILES string of the molecule is CC(C)(C)N1CCC(n2cc([C@@H](Cc3cc(Cl)c4ncc(C#N)c(Nc5cnc(F)c(Cl)c5)c4c3)c3ccccc3)nn2)CC1. The first-order chi connectivity index (χ1) is 21.6. The van der Waals surface area contributed by atoms with E-state index in [9.17, 15) is 9.65 Å². The van der Waals surface area contributed by atoms with Gasteiger partial charge in [-0.2, -0.15) is 9.65 Å². The Morgan fingerprint density at radius 1 is 1.04 bits per heavy atom. The highest BCUT2D eigenvalue weighted by Gasteiger charge is 2.29. The van der Waals surface area contributed by atoms with Crippen LogP contribution >= 0.6 is 23.2 Å². The smallest absolute Gasteiger partial charge is 0.231 e. The lowest BCUT2D eigenvalue weighted by molar-refractivity contribution is 0.0866. The summed E-state index contributed by atoms with van der Waals surface area (Å²) in [5.74, 6) is -0.862. The van der Waals surface area contributed by atoms with Gasteiger partial charge < -0.3 is 5.32 Å². The van der Waals surface area contributed by atoms with E-state index in [0.717, 1.165) is 42.8 Å². The summed E-state index contributed by atoms with van der Waals surface area (Å²) >= 11 is 12.8. The molecule has 1 saturated heterocycles. The largest absolute Gasteiger partial charge is 0.353 e. The molecule has 0 aliphatic carbocycles. The van der Waals surface area contributed by atoms with Gasteiger partial charge in [0.15, 0.2) is 0 Å². The first-order valence-electron chi connectivity index (χ1n) is 14.9. The van der Waals surface area contributed by atoms with Gasteiger partial charge in [-0.15, -0.1) is 5.10 Å². The van der Waals surface area contributed by atoms with Gasteiger partial charge in [-0.3, -0.25) is 9.88 Å². The number of piperidine rings is 1. The lowest BCUT2D eigenvalue weighted by atomic mass is 9.89. The predicted octanol–water partition coefficient (Wildman–Crippen LogP) is 8.09. The number of benzene rings is 2. The van der Waals surface area contributed by atoms with Crippen LogP contribution in [0.3, 0.4) is 0 Å². The van der Waals surface area contributed by atoms with Crippen molar-refractivity contribution in [2.75, 3.05) is 18.4 Å². The summed E-state index contributed by atoms with van der Waals surface area (Å²) in [6.45, 7) is 8.83. The first-order valence-corrected chi connectivity index (χ1v) is 15.7. The van der Waals surface area contributed by atoms with Crippen LogP contribution in [0.1, 0.15) is 68.0 Å². The molecule has 8 nitrogen and oxygen atoms in total. The van der Waals surface area contributed by atoms with E-state index in [-0.39, 0.29) is 16.5 Å². The highest BCUT2D eigenvalue weighted by atomic mass is 35.5. The Morgan fingerprint density at radius 3 is 2.49 bits per heavy atom. The average molecular weight is 644 g/mol. The van der Waals surface area contributed by atoms with Crippen molar-refractivity contribution in [3.05, 3.63) is 105 Å². The molecular weight excluding hydrogens is 610 g/mol. The molecule has 0 unspecified atom stereocenters. The normalized spacial score (nSPS) is 15.2. The van der Waals surface area contributed by atoms with Crippen LogP contribution in [0.2, 0.25) is 10.0 Å². The standard InChI is InChI=1S/C34H33Cl2FN8/c1-34(2,3)44-11-9-25(10-12-44)45-20-30(42-43-45)26(22-7-5-4-6-8-22)13-21-14-27-31(41-24-16-29(36)33(37)40-19-24)23(17-38)18-39-32(27)28(35)15-21/h4-8,14-16,18-20,25-26H,9-13H2,1-3H3,(H,39,41)/t26-/m0/s1. The van der Waals surface area contributed by atoms with E-state index in [0.29, 0.717) is 45.3 Å². The van der Waals surface area contributed by atoms with Crippen LogP contribution in [-0.4, -0.2) is 48.5 Å². The third kappa shape index (κ3) is 6.64. The molecule has 0 bridgehead atoms. The van der Waals surface area contributed by atoms with Gasteiger partial charge in [-0.1, -0.05) is 58.7 Å². The zero-order chi connectivity index (χ0) is 31.7. The third-order valence-electron chi connectivity index (χ3n) is 8.48. The van der Waals surface area contributed by atoms with E-state index >= 15 is 0 Å². The van der Waals surface area contributed by atoms with Gasteiger partial charge in [0.1, 0.15) is 6.07 Å². The number of nitrogens with one attached hydrogen (secondary N) is 1. The summed E-state index contributed by atoms with van der Waals surface area (Å²) in [6, 6.07) is 18.0. The van der Waals surface area contributed by atoms with Crippen molar-refractivity contribution in [3.63, 3.8) is 0 Å². The van der Waals surface area contributed by atoms with Crippen LogP contribution in [-0.2, 0) is 6.42 Å². The number of aromatic nitrogens is 5. The molecule has 6 rings (SSSR count). The molecule has 0 radical (unpaired) electrons. The fraction of sp³-hybridized carbons (Fsp3) is 0.324. The number of halogens is 3. The first kappa shape index (κ1) is 30.9. The van der Waals surface area contributed by atoms with Crippen molar-refractivity contribution >= 4 is 45.5 Å². The van der Waals surface area contributed by atoms with Crippen molar-refractivity contribution in [2.45, 2.75) is 57.5 Å². The number of pyridine rings is 2. The van der Waals surface area contributed by atoms with Gasteiger partial charge in [0.25, 0.3) is 0 Å². The summed E-state index contributed by atoms with van der Waals surface area (Å²) in [5.41, 5.74) is 4.83. The highest BCUT2D eigenvalue weighted by molar-refractivity contribution is 6.35.